The molecular weight excluding hydrogens is 286 g/mol. The van der Waals surface area contributed by atoms with Crippen LogP contribution in [-0.2, 0) is 13.1 Å². The number of benzene rings is 1. The second-order valence-electron chi connectivity index (χ2n) is 6.48. The molecule has 0 aliphatic heterocycles. The maximum absolute atomic E-state index is 5.72. The van der Waals surface area contributed by atoms with Gasteiger partial charge in [-0.25, -0.2) is 0 Å². The van der Waals surface area contributed by atoms with Crippen LogP contribution < -0.4 is 10.1 Å². The Morgan fingerprint density at radius 2 is 1.87 bits per heavy atom. The normalized spacial score (nSPS) is 12.6. The van der Waals surface area contributed by atoms with Gasteiger partial charge in [-0.1, -0.05) is 26.0 Å². The third-order valence-corrected chi connectivity index (χ3v) is 3.89. The highest BCUT2D eigenvalue weighted by molar-refractivity contribution is 5.27. The molecule has 1 heterocycles. The summed E-state index contributed by atoms with van der Waals surface area (Å²) in [5.74, 6) is 1.49. The topological polar surface area (TPSA) is 39.1 Å². The molecule has 2 aromatic rings. The molecule has 1 atom stereocenters. The van der Waals surface area contributed by atoms with Gasteiger partial charge in [0.25, 0.3) is 0 Å². The van der Waals surface area contributed by atoms with E-state index in [-0.39, 0.29) is 6.04 Å². The highest BCUT2D eigenvalue weighted by Gasteiger charge is 2.11. The van der Waals surface area contributed by atoms with Crippen molar-refractivity contribution in [2.24, 2.45) is 5.92 Å². The minimum absolute atomic E-state index is 0.284. The molecule has 0 saturated heterocycles. The summed E-state index contributed by atoms with van der Waals surface area (Å²) in [7, 11) is 0. The number of nitrogens with zero attached hydrogens (tertiary/aromatic N) is 2. The van der Waals surface area contributed by atoms with Crippen molar-refractivity contribution >= 4 is 0 Å². The maximum Gasteiger partial charge on any atom is 0.119 e. The van der Waals surface area contributed by atoms with Gasteiger partial charge in [-0.3, -0.25) is 4.68 Å². The van der Waals surface area contributed by atoms with E-state index in [0.29, 0.717) is 5.92 Å². The third-order valence-electron chi connectivity index (χ3n) is 3.89. The van der Waals surface area contributed by atoms with E-state index >= 15 is 0 Å². The van der Waals surface area contributed by atoms with Crippen LogP contribution in [0.3, 0.4) is 0 Å². The van der Waals surface area contributed by atoms with E-state index in [2.05, 4.69) is 63.4 Å². The quantitative estimate of drug-likeness (QED) is 0.797. The standard InChI is InChI=1S/C19H29N3O/c1-6-22-12-19(16(5)21-22)15(4)20-11-17-7-9-18(10-8-17)23-13-14(2)3/h7-10,12,14-15,20H,6,11,13H2,1-5H3. The van der Waals surface area contributed by atoms with Gasteiger partial charge in [-0.15, -0.1) is 0 Å². The molecule has 0 amide bonds. The van der Waals surface area contributed by atoms with Crippen molar-refractivity contribution in [3.05, 3.63) is 47.3 Å². The van der Waals surface area contributed by atoms with E-state index in [1.807, 2.05) is 16.8 Å². The summed E-state index contributed by atoms with van der Waals surface area (Å²) in [6, 6.07) is 8.62. The van der Waals surface area contributed by atoms with Crippen molar-refractivity contribution in [2.45, 2.75) is 53.8 Å². The lowest BCUT2D eigenvalue weighted by molar-refractivity contribution is 0.271. The van der Waals surface area contributed by atoms with Gasteiger partial charge < -0.3 is 10.1 Å². The van der Waals surface area contributed by atoms with E-state index in [4.69, 9.17) is 4.74 Å². The fourth-order valence-corrected chi connectivity index (χ4v) is 2.47. The number of hydrogen-bond acceptors (Lipinski definition) is 3. The Bertz CT molecular complexity index is 602. The first kappa shape index (κ1) is 17.5. The zero-order valence-electron chi connectivity index (χ0n) is 15.0. The van der Waals surface area contributed by atoms with Crippen molar-refractivity contribution in [3.8, 4) is 5.75 Å². The molecule has 2 rings (SSSR count). The number of aromatic nitrogens is 2. The first-order valence-electron chi connectivity index (χ1n) is 8.48. The van der Waals surface area contributed by atoms with Crippen molar-refractivity contribution in [1.82, 2.24) is 15.1 Å². The largest absolute Gasteiger partial charge is 0.493 e. The number of aryl methyl sites for hydroxylation is 2. The smallest absolute Gasteiger partial charge is 0.119 e. The molecule has 23 heavy (non-hydrogen) atoms. The summed E-state index contributed by atoms with van der Waals surface area (Å²) in [5.41, 5.74) is 3.63. The van der Waals surface area contributed by atoms with Crippen LogP contribution in [0.15, 0.2) is 30.5 Å². The number of nitrogens with one attached hydrogen (secondary N) is 1. The molecule has 126 valence electrons. The number of ether oxygens (including phenoxy) is 1. The molecule has 0 radical (unpaired) electrons. The van der Waals surface area contributed by atoms with Crippen LogP contribution in [0.5, 0.6) is 5.75 Å². The summed E-state index contributed by atoms with van der Waals surface area (Å²) < 4.78 is 7.71. The highest BCUT2D eigenvalue weighted by atomic mass is 16.5. The van der Waals surface area contributed by atoms with E-state index in [1.54, 1.807) is 0 Å². The SMILES string of the molecule is CCn1cc(C(C)NCc2ccc(OCC(C)C)cc2)c(C)n1. The minimum atomic E-state index is 0.284. The van der Waals surface area contributed by atoms with Gasteiger partial charge in [-0.05, 0) is 44.4 Å². The van der Waals surface area contributed by atoms with E-state index in [1.165, 1.54) is 11.1 Å². The zero-order valence-corrected chi connectivity index (χ0v) is 15.0. The van der Waals surface area contributed by atoms with Crippen LogP contribution in [0, 0.1) is 12.8 Å². The van der Waals surface area contributed by atoms with Gasteiger partial charge in [0.05, 0.1) is 12.3 Å². The summed E-state index contributed by atoms with van der Waals surface area (Å²) in [6.45, 7) is 13.2. The average molecular weight is 315 g/mol. The van der Waals surface area contributed by atoms with Crippen molar-refractivity contribution in [1.29, 1.82) is 0 Å². The van der Waals surface area contributed by atoms with E-state index in [9.17, 15) is 0 Å². The molecule has 0 bridgehead atoms. The molecule has 1 aromatic carbocycles. The van der Waals surface area contributed by atoms with Gasteiger partial charge in [0.2, 0.25) is 0 Å². The first-order chi connectivity index (χ1) is 11.0. The summed E-state index contributed by atoms with van der Waals surface area (Å²) >= 11 is 0. The predicted molar refractivity (Wildman–Crippen MR) is 94.7 cm³/mol. The molecule has 0 spiro atoms. The summed E-state index contributed by atoms with van der Waals surface area (Å²) in [6.07, 6.45) is 2.13. The van der Waals surface area contributed by atoms with Crippen molar-refractivity contribution in [2.75, 3.05) is 6.61 Å². The number of hydrogen-bond donors (Lipinski definition) is 1. The molecule has 1 unspecified atom stereocenters. The monoisotopic (exact) mass is 315 g/mol. The molecular formula is C19H29N3O. The average Bonchev–Trinajstić information content (AvgIpc) is 2.92. The highest BCUT2D eigenvalue weighted by Crippen LogP contribution is 2.18. The summed E-state index contributed by atoms with van der Waals surface area (Å²) in [4.78, 5) is 0. The van der Waals surface area contributed by atoms with Crippen LogP contribution in [-0.4, -0.2) is 16.4 Å². The molecule has 1 aromatic heterocycles. The lowest BCUT2D eigenvalue weighted by atomic mass is 10.1. The van der Waals surface area contributed by atoms with Crippen LogP contribution in [0.4, 0.5) is 0 Å². The molecule has 0 aliphatic rings. The summed E-state index contributed by atoms with van der Waals surface area (Å²) in [5, 5.41) is 8.08. The Morgan fingerprint density at radius 1 is 1.17 bits per heavy atom. The van der Waals surface area contributed by atoms with Gasteiger partial charge in [0.1, 0.15) is 5.75 Å². The van der Waals surface area contributed by atoms with E-state index < -0.39 is 0 Å². The Kier molecular flexibility index (Phi) is 6.22. The second kappa shape index (κ2) is 8.16. The Hall–Kier alpha value is -1.81. The van der Waals surface area contributed by atoms with Gasteiger partial charge in [-0.2, -0.15) is 5.10 Å². The fraction of sp³-hybridized carbons (Fsp3) is 0.526. The number of rotatable bonds is 8. The van der Waals surface area contributed by atoms with Crippen LogP contribution in [0.25, 0.3) is 0 Å². The van der Waals surface area contributed by atoms with Crippen LogP contribution >= 0.6 is 0 Å². The van der Waals surface area contributed by atoms with Crippen molar-refractivity contribution in [3.63, 3.8) is 0 Å². The lowest BCUT2D eigenvalue weighted by Crippen LogP contribution is -2.18. The lowest BCUT2D eigenvalue weighted by Gasteiger charge is -2.14. The molecule has 0 aliphatic carbocycles. The second-order valence-corrected chi connectivity index (χ2v) is 6.48. The van der Waals surface area contributed by atoms with Crippen LogP contribution in [0.1, 0.15) is 50.6 Å². The third kappa shape index (κ3) is 5.10. The predicted octanol–water partition coefficient (Wildman–Crippen LogP) is 4.10. The maximum atomic E-state index is 5.72. The fourth-order valence-electron chi connectivity index (χ4n) is 2.47. The van der Waals surface area contributed by atoms with Gasteiger partial charge in [0.15, 0.2) is 0 Å². The molecule has 0 saturated carbocycles. The van der Waals surface area contributed by atoms with Gasteiger partial charge in [0, 0.05) is 30.9 Å². The van der Waals surface area contributed by atoms with Gasteiger partial charge >= 0.3 is 0 Å². The minimum Gasteiger partial charge on any atom is -0.493 e. The first-order valence-corrected chi connectivity index (χ1v) is 8.48. The Morgan fingerprint density at radius 3 is 2.43 bits per heavy atom. The Labute approximate surface area is 139 Å². The molecule has 4 heteroatoms. The Balaban J connectivity index is 1.88. The van der Waals surface area contributed by atoms with Crippen LogP contribution in [0.2, 0.25) is 0 Å². The van der Waals surface area contributed by atoms with Crippen molar-refractivity contribution < 1.29 is 4.74 Å². The molecule has 4 nitrogen and oxygen atoms in total. The molecule has 1 N–H and O–H groups in total. The zero-order chi connectivity index (χ0) is 16.8. The van der Waals surface area contributed by atoms with E-state index in [0.717, 1.165) is 31.1 Å². The molecule has 0 fully saturated rings.